The third kappa shape index (κ3) is 6.32. The molecule has 0 N–H and O–H groups in total. The van der Waals surface area contributed by atoms with Crippen LogP contribution in [-0.4, -0.2) is 31.6 Å². The Morgan fingerprint density at radius 1 is 1.00 bits per heavy atom. The van der Waals surface area contributed by atoms with Gasteiger partial charge in [0.05, 0.1) is 19.3 Å². The summed E-state index contributed by atoms with van der Waals surface area (Å²) in [7, 11) is -3.76. The highest BCUT2D eigenvalue weighted by molar-refractivity contribution is 7.85. The number of ether oxygens (including phenoxy) is 2. The van der Waals surface area contributed by atoms with Crippen LogP contribution in [0.1, 0.15) is 30.8 Å². The van der Waals surface area contributed by atoms with Gasteiger partial charge >= 0.3 is 0 Å². The zero-order valence-corrected chi connectivity index (χ0v) is 15.4. The fourth-order valence-electron chi connectivity index (χ4n) is 2.15. The minimum Gasteiger partial charge on any atom is -0.478 e. The molecule has 8 heteroatoms. The van der Waals surface area contributed by atoms with Crippen LogP contribution in [0.3, 0.4) is 0 Å². The average molecular weight is 366 g/mol. The largest absolute Gasteiger partial charge is 0.478 e. The molecule has 0 bridgehead atoms. The summed E-state index contributed by atoms with van der Waals surface area (Å²) in [6, 6.07) is 8.81. The van der Waals surface area contributed by atoms with E-state index in [1.807, 2.05) is 32.9 Å². The molecule has 136 valence electrons. The third-order valence-electron chi connectivity index (χ3n) is 3.10. The lowest BCUT2D eigenvalue weighted by molar-refractivity contribution is 0.275. The van der Waals surface area contributed by atoms with Crippen molar-refractivity contribution in [1.29, 1.82) is 0 Å². The van der Waals surface area contributed by atoms with E-state index in [9.17, 15) is 8.42 Å². The number of rotatable bonds is 9. The lowest BCUT2D eigenvalue weighted by atomic mass is 10.2. The van der Waals surface area contributed by atoms with Crippen molar-refractivity contribution in [2.75, 3.05) is 13.2 Å². The number of nitrogens with zero attached hydrogens (tertiary/aromatic N) is 2. The predicted octanol–water partition coefficient (Wildman–Crippen LogP) is 2.63. The molecule has 0 aliphatic heterocycles. The van der Waals surface area contributed by atoms with Crippen LogP contribution in [0.25, 0.3) is 0 Å². The van der Waals surface area contributed by atoms with Crippen molar-refractivity contribution in [2.24, 2.45) is 0 Å². The van der Waals surface area contributed by atoms with Crippen molar-refractivity contribution in [2.45, 2.75) is 33.1 Å². The number of hydrogen-bond donors (Lipinski definition) is 0. The highest BCUT2D eigenvalue weighted by Crippen LogP contribution is 2.17. The van der Waals surface area contributed by atoms with Crippen LogP contribution in [0.4, 0.5) is 0 Å². The molecule has 0 saturated carbocycles. The average Bonchev–Trinajstić information content (AvgIpc) is 2.53. The first-order valence-corrected chi connectivity index (χ1v) is 9.55. The van der Waals surface area contributed by atoms with Crippen molar-refractivity contribution >= 4 is 10.1 Å². The van der Waals surface area contributed by atoms with Crippen molar-refractivity contribution < 1.29 is 22.1 Å². The van der Waals surface area contributed by atoms with Crippen LogP contribution in [0.15, 0.2) is 30.3 Å². The summed E-state index contributed by atoms with van der Waals surface area (Å²) < 4.78 is 40.1. The molecule has 1 aromatic carbocycles. The van der Waals surface area contributed by atoms with E-state index in [2.05, 4.69) is 9.97 Å². The molecule has 1 aromatic heterocycles. The van der Waals surface area contributed by atoms with Crippen molar-refractivity contribution in [3.63, 3.8) is 0 Å². The van der Waals surface area contributed by atoms with Gasteiger partial charge in [-0.1, -0.05) is 29.8 Å². The van der Waals surface area contributed by atoms with Gasteiger partial charge in [0.25, 0.3) is 10.1 Å². The monoisotopic (exact) mass is 366 g/mol. The lowest BCUT2D eigenvalue weighted by Crippen LogP contribution is -2.11. The number of aromatic nitrogens is 2. The Kier molecular flexibility index (Phi) is 6.72. The number of aryl methyl sites for hydroxylation is 1. The standard InChI is InChI=1S/C17H22N2O5S/c1-4-22-16-10-17(23-5-2)19-15(18-16)11-24-25(20,21)12-14-8-6-7-13(3)9-14/h6-10H,4-5,11-12H2,1-3H3. The fourth-order valence-corrected chi connectivity index (χ4v) is 3.10. The van der Waals surface area contributed by atoms with Crippen molar-refractivity contribution in [3.8, 4) is 11.8 Å². The van der Waals surface area contributed by atoms with E-state index in [1.165, 1.54) is 0 Å². The van der Waals surface area contributed by atoms with Gasteiger partial charge in [-0.2, -0.15) is 18.4 Å². The van der Waals surface area contributed by atoms with Gasteiger partial charge in [-0.3, -0.25) is 4.18 Å². The quantitative estimate of drug-likeness (QED) is 0.630. The predicted molar refractivity (Wildman–Crippen MR) is 93.0 cm³/mol. The van der Waals surface area contributed by atoms with E-state index in [4.69, 9.17) is 13.7 Å². The van der Waals surface area contributed by atoms with Crippen molar-refractivity contribution in [3.05, 3.63) is 47.3 Å². The van der Waals surface area contributed by atoms with Gasteiger partial charge in [-0.25, -0.2) is 0 Å². The zero-order valence-electron chi connectivity index (χ0n) is 14.6. The molecule has 0 fully saturated rings. The second kappa shape index (κ2) is 8.77. The van der Waals surface area contributed by atoms with E-state index >= 15 is 0 Å². The minimum absolute atomic E-state index is 0.183. The molecule has 7 nitrogen and oxygen atoms in total. The summed E-state index contributed by atoms with van der Waals surface area (Å²) in [5.41, 5.74) is 1.65. The first-order chi connectivity index (χ1) is 11.9. The highest BCUT2D eigenvalue weighted by atomic mass is 32.2. The molecular weight excluding hydrogens is 344 g/mol. The fraction of sp³-hybridized carbons (Fsp3) is 0.412. The Bertz CT molecular complexity index is 784. The van der Waals surface area contributed by atoms with Gasteiger partial charge in [0.15, 0.2) is 5.82 Å². The van der Waals surface area contributed by atoms with E-state index in [1.54, 1.807) is 18.2 Å². The summed E-state index contributed by atoms with van der Waals surface area (Å²) in [4.78, 5) is 8.25. The molecule has 0 aliphatic rings. The summed E-state index contributed by atoms with van der Waals surface area (Å²) in [5.74, 6) is 0.603. The van der Waals surface area contributed by atoms with Gasteiger partial charge in [0, 0.05) is 0 Å². The molecule has 2 aromatic rings. The van der Waals surface area contributed by atoms with E-state index in [0.717, 1.165) is 5.56 Å². The van der Waals surface area contributed by atoms with Gasteiger partial charge < -0.3 is 9.47 Å². The molecule has 25 heavy (non-hydrogen) atoms. The molecule has 0 spiro atoms. The van der Waals surface area contributed by atoms with Gasteiger partial charge in [-0.05, 0) is 26.3 Å². The maximum atomic E-state index is 12.2. The summed E-state index contributed by atoms with van der Waals surface area (Å²) >= 11 is 0. The Labute approximate surface area is 148 Å². The summed E-state index contributed by atoms with van der Waals surface area (Å²) in [6.07, 6.45) is 0. The second-order valence-corrected chi connectivity index (χ2v) is 6.92. The highest BCUT2D eigenvalue weighted by Gasteiger charge is 2.15. The Morgan fingerprint density at radius 2 is 1.64 bits per heavy atom. The van der Waals surface area contributed by atoms with E-state index in [0.29, 0.717) is 30.5 Å². The maximum Gasteiger partial charge on any atom is 0.271 e. The van der Waals surface area contributed by atoms with E-state index < -0.39 is 10.1 Å². The molecule has 2 rings (SSSR count). The molecule has 0 saturated heterocycles. The molecule has 0 atom stereocenters. The van der Waals surface area contributed by atoms with Crippen molar-refractivity contribution in [1.82, 2.24) is 9.97 Å². The lowest BCUT2D eigenvalue weighted by Gasteiger charge is -2.09. The molecule has 0 amide bonds. The normalized spacial score (nSPS) is 11.3. The molecule has 0 unspecified atom stereocenters. The molecule has 0 radical (unpaired) electrons. The van der Waals surface area contributed by atoms with Crippen LogP contribution in [0.5, 0.6) is 11.8 Å². The molecule has 0 aliphatic carbocycles. The SMILES string of the molecule is CCOc1cc(OCC)nc(COS(=O)(=O)Cc2cccc(C)c2)n1. The van der Waals surface area contributed by atoms with Crippen LogP contribution in [0, 0.1) is 6.92 Å². The maximum absolute atomic E-state index is 12.2. The van der Waals surface area contributed by atoms with Gasteiger partial charge in [0.2, 0.25) is 11.8 Å². The number of benzene rings is 1. The third-order valence-corrected chi connectivity index (χ3v) is 4.27. The second-order valence-electron chi connectivity index (χ2n) is 5.28. The zero-order chi connectivity index (χ0) is 18.3. The minimum atomic E-state index is -3.76. The topological polar surface area (TPSA) is 87.6 Å². The smallest absolute Gasteiger partial charge is 0.271 e. The first kappa shape index (κ1) is 19.1. The van der Waals surface area contributed by atoms with Gasteiger partial charge in [-0.15, -0.1) is 0 Å². The van der Waals surface area contributed by atoms with Crippen LogP contribution in [0.2, 0.25) is 0 Å². The van der Waals surface area contributed by atoms with E-state index in [-0.39, 0.29) is 18.2 Å². The summed E-state index contributed by atoms with van der Waals surface area (Å²) in [6.45, 7) is 6.12. The van der Waals surface area contributed by atoms with Gasteiger partial charge in [0.1, 0.15) is 12.4 Å². The van der Waals surface area contributed by atoms with Crippen LogP contribution < -0.4 is 9.47 Å². The number of hydrogen-bond acceptors (Lipinski definition) is 7. The summed E-state index contributed by atoms with van der Waals surface area (Å²) in [5, 5.41) is 0. The Morgan fingerprint density at radius 3 is 2.20 bits per heavy atom. The van der Waals surface area contributed by atoms with Crippen LogP contribution >= 0.6 is 0 Å². The first-order valence-electron chi connectivity index (χ1n) is 7.98. The molecular formula is C17H22N2O5S. The van der Waals surface area contributed by atoms with Crippen LogP contribution in [-0.2, 0) is 26.7 Å². The Hall–Kier alpha value is -2.19. The molecule has 1 heterocycles. The Balaban J connectivity index is 2.08.